The zero-order chi connectivity index (χ0) is 24.0. The Morgan fingerprint density at radius 1 is 1.09 bits per heavy atom. The minimum absolute atomic E-state index is 0.0338. The number of carbonyl (C=O) groups excluding carboxylic acids is 1. The van der Waals surface area contributed by atoms with Gasteiger partial charge in [-0.1, -0.05) is 24.6 Å². The van der Waals surface area contributed by atoms with Crippen LogP contribution in [0.5, 0.6) is 0 Å². The first-order valence-electron chi connectivity index (χ1n) is 12.1. The normalized spacial score (nSPS) is 21.9. The number of carbonyl (C=O) groups is 1. The van der Waals surface area contributed by atoms with E-state index < -0.39 is 0 Å². The summed E-state index contributed by atoms with van der Waals surface area (Å²) in [5.41, 5.74) is 5.63. The molecule has 0 bridgehead atoms. The Balaban J connectivity index is 1.44. The number of fused-ring (bicyclic) bond motifs is 2. The minimum Gasteiger partial charge on any atom is -0.368 e. The first kappa shape index (κ1) is 22.9. The van der Waals surface area contributed by atoms with Crippen LogP contribution in [0.2, 0.25) is 5.02 Å². The van der Waals surface area contributed by atoms with Crippen LogP contribution in [0.1, 0.15) is 38.4 Å². The molecule has 2 aromatic rings. The van der Waals surface area contributed by atoms with Gasteiger partial charge in [-0.3, -0.25) is 14.6 Å². The van der Waals surface area contributed by atoms with Crippen LogP contribution in [-0.4, -0.2) is 62.2 Å². The van der Waals surface area contributed by atoms with Crippen molar-refractivity contribution in [3.8, 4) is 0 Å². The predicted molar refractivity (Wildman–Crippen MR) is 137 cm³/mol. The number of rotatable bonds is 3. The second-order valence-corrected chi connectivity index (χ2v) is 10.2. The number of allylic oxidation sites excluding steroid dienone is 4. The van der Waals surface area contributed by atoms with Crippen LogP contribution in [0.4, 0.5) is 0 Å². The third kappa shape index (κ3) is 4.32. The van der Waals surface area contributed by atoms with Crippen molar-refractivity contribution in [1.82, 2.24) is 24.1 Å². The van der Waals surface area contributed by atoms with Crippen molar-refractivity contribution in [2.75, 3.05) is 26.2 Å². The Kier molecular flexibility index (Phi) is 6.13. The molecule has 2 aromatic heterocycles. The molecule has 6 nitrogen and oxygen atoms in total. The molecule has 3 aliphatic rings. The Hall–Kier alpha value is -2.83. The van der Waals surface area contributed by atoms with Crippen LogP contribution in [-0.2, 0) is 4.79 Å². The SMILES string of the molecule is Cc1cn2cc(C3=CC(=O)N4C=C(N5CCN(C(C)C)CC5)C=CC4=CCC3C)cc(Cl)c2n1. The number of aryl methyl sites for hydroxylation is 1. The maximum absolute atomic E-state index is 13.5. The summed E-state index contributed by atoms with van der Waals surface area (Å²) < 4.78 is 1.95. The molecule has 34 heavy (non-hydrogen) atoms. The van der Waals surface area contributed by atoms with Gasteiger partial charge in [-0.05, 0) is 62.5 Å². The average Bonchev–Trinajstić information content (AvgIpc) is 3.20. The fourth-order valence-corrected chi connectivity index (χ4v) is 5.27. The third-order valence-electron chi connectivity index (χ3n) is 7.06. The largest absolute Gasteiger partial charge is 0.368 e. The predicted octanol–water partition coefficient (Wildman–Crippen LogP) is 4.87. The van der Waals surface area contributed by atoms with E-state index in [4.69, 9.17) is 11.6 Å². The molecule has 0 saturated carbocycles. The van der Waals surface area contributed by atoms with E-state index in [2.05, 4.69) is 53.8 Å². The highest BCUT2D eigenvalue weighted by atomic mass is 35.5. The van der Waals surface area contributed by atoms with E-state index in [1.54, 1.807) is 11.0 Å². The van der Waals surface area contributed by atoms with Crippen LogP contribution < -0.4 is 0 Å². The number of amides is 1. The molecule has 1 unspecified atom stereocenters. The molecule has 1 atom stereocenters. The van der Waals surface area contributed by atoms with Crippen LogP contribution in [0.15, 0.2) is 60.4 Å². The van der Waals surface area contributed by atoms with Crippen molar-refractivity contribution in [2.24, 2.45) is 5.92 Å². The summed E-state index contributed by atoms with van der Waals surface area (Å²) in [4.78, 5) is 24.7. The minimum atomic E-state index is -0.0338. The van der Waals surface area contributed by atoms with Crippen molar-refractivity contribution in [1.29, 1.82) is 0 Å². The highest BCUT2D eigenvalue weighted by Crippen LogP contribution is 2.33. The van der Waals surface area contributed by atoms with E-state index in [-0.39, 0.29) is 11.8 Å². The molecule has 178 valence electrons. The molecule has 1 saturated heterocycles. The lowest BCUT2D eigenvalue weighted by molar-refractivity contribution is -0.122. The monoisotopic (exact) mass is 477 g/mol. The molecule has 5 heterocycles. The number of hydrogen-bond donors (Lipinski definition) is 0. The highest BCUT2D eigenvalue weighted by Gasteiger charge is 2.26. The summed E-state index contributed by atoms with van der Waals surface area (Å²) in [5, 5.41) is 0.591. The molecular weight excluding hydrogens is 446 g/mol. The Morgan fingerprint density at radius 2 is 1.82 bits per heavy atom. The van der Waals surface area contributed by atoms with Crippen molar-refractivity contribution >= 4 is 28.7 Å². The molecule has 0 N–H and O–H groups in total. The number of imidazole rings is 1. The lowest BCUT2D eigenvalue weighted by atomic mass is 9.90. The van der Waals surface area contributed by atoms with Crippen molar-refractivity contribution in [3.05, 3.63) is 76.6 Å². The smallest absolute Gasteiger partial charge is 0.255 e. The van der Waals surface area contributed by atoms with Gasteiger partial charge in [0, 0.05) is 62.6 Å². The van der Waals surface area contributed by atoms with E-state index in [1.807, 2.05) is 36.0 Å². The zero-order valence-corrected chi connectivity index (χ0v) is 21.1. The van der Waals surface area contributed by atoms with E-state index in [1.165, 1.54) is 0 Å². The number of aromatic nitrogens is 2. The molecule has 0 aromatic carbocycles. The van der Waals surface area contributed by atoms with Crippen molar-refractivity contribution in [2.45, 2.75) is 40.2 Å². The van der Waals surface area contributed by atoms with Gasteiger partial charge in [0.25, 0.3) is 5.91 Å². The van der Waals surface area contributed by atoms with Gasteiger partial charge >= 0.3 is 0 Å². The second-order valence-electron chi connectivity index (χ2n) is 9.77. The number of nitrogens with zero attached hydrogens (tertiary/aromatic N) is 5. The maximum atomic E-state index is 13.5. The number of pyridine rings is 1. The van der Waals surface area contributed by atoms with E-state index in [0.717, 1.165) is 66.5 Å². The molecule has 0 radical (unpaired) electrons. The van der Waals surface area contributed by atoms with Gasteiger partial charge < -0.3 is 9.30 Å². The molecule has 1 amide bonds. The van der Waals surface area contributed by atoms with Gasteiger partial charge in [0.1, 0.15) is 0 Å². The fourth-order valence-electron chi connectivity index (χ4n) is 5.02. The third-order valence-corrected chi connectivity index (χ3v) is 7.34. The fraction of sp³-hybridized carbons (Fsp3) is 0.407. The first-order valence-corrected chi connectivity index (χ1v) is 12.5. The van der Waals surface area contributed by atoms with E-state index in [9.17, 15) is 4.79 Å². The van der Waals surface area contributed by atoms with Crippen LogP contribution in [0, 0.1) is 12.8 Å². The summed E-state index contributed by atoms with van der Waals surface area (Å²) in [6, 6.07) is 2.49. The standard InChI is InChI=1S/C27H32ClN5O/c1-18(2)30-9-11-31(12-10-30)23-8-7-22-6-5-19(3)24(14-26(34)33(22)17-23)21-13-25(28)27-29-20(4)15-32(27)16-21/h6-8,13-19H,5,9-12H2,1-4H3. The van der Waals surface area contributed by atoms with Crippen molar-refractivity contribution < 1.29 is 4.79 Å². The highest BCUT2D eigenvalue weighted by molar-refractivity contribution is 6.33. The molecule has 0 aliphatic carbocycles. The molecule has 0 spiro atoms. The molecule has 3 aliphatic heterocycles. The zero-order valence-electron chi connectivity index (χ0n) is 20.3. The number of halogens is 1. The summed E-state index contributed by atoms with van der Waals surface area (Å²) in [5.74, 6) is 0.146. The second kappa shape index (κ2) is 9.08. The van der Waals surface area contributed by atoms with Crippen LogP contribution in [0.25, 0.3) is 11.2 Å². The summed E-state index contributed by atoms with van der Waals surface area (Å²) in [6.45, 7) is 12.6. The quantitative estimate of drug-likeness (QED) is 0.632. The summed E-state index contributed by atoms with van der Waals surface area (Å²) >= 11 is 6.55. The maximum Gasteiger partial charge on any atom is 0.255 e. The number of piperazine rings is 1. The molecule has 1 fully saturated rings. The van der Waals surface area contributed by atoms with Gasteiger partial charge in [0.05, 0.1) is 16.4 Å². The van der Waals surface area contributed by atoms with Gasteiger partial charge in [0.2, 0.25) is 0 Å². The topological polar surface area (TPSA) is 44.1 Å². The van der Waals surface area contributed by atoms with Gasteiger partial charge in [-0.15, -0.1) is 0 Å². The average molecular weight is 478 g/mol. The van der Waals surface area contributed by atoms with E-state index >= 15 is 0 Å². The first-order chi connectivity index (χ1) is 16.3. The number of hydrogen-bond acceptors (Lipinski definition) is 4. The Labute approximate surface area is 206 Å². The molecule has 7 heteroatoms. The van der Waals surface area contributed by atoms with Gasteiger partial charge in [-0.2, -0.15) is 0 Å². The van der Waals surface area contributed by atoms with Crippen LogP contribution >= 0.6 is 11.6 Å². The molecule has 5 rings (SSSR count). The summed E-state index contributed by atoms with van der Waals surface area (Å²) in [6.07, 6.45) is 15.0. The van der Waals surface area contributed by atoms with Gasteiger partial charge in [-0.25, -0.2) is 4.98 Å². The van der Waals surface area contributed by atoms with Gasteiger partial charge in [0.15, 0.2) is 5.65 Å². The lowest BCUT2D eigenvalue weighted by Gasteiger charge is -2.39. The summed E-state index contributed by atoms with van der Waals surface area (Å²) in [7, 11) is 0. The van der Waals surface area contributed by atoms with Crippen LogP contribution in [0.3, 0.4) is 0 Å². The van der Waals surface area contributed by atoms with Crippen molar-refractivity contribution in [3.63, 3.8) is 0 Å². The molecular formula is C27H32ClN5O. The lowest BCUT2D eigenvalue weighted by Crippen LogP contribution is -2.48. The Morgan fingerprint density at radius 3 is 2.56 bits per heavy atom. The van der Waals surface area contributed by atoms with E-state index in [0.29, 0.717) is 11.1 Å². The Bertz CT molecular complexity index is 1240.